The van der Waals surface area contributed by atoms with Crippen LogP contribution in [-0.2, 0) is 29.1 Å². The molecule has 3 aromatic carbocycles. The highest BCUT2D eigenvalue weighted by molar-refractivity contribution is 7.90. The topological polar surface area (TPSA) is 46.6 Å². The van der Waals surface area contributed by atoms with Gasteiger partial charge in [0, 0.05) is 31.5 Å². The molecule has 188 valence electrons. The predicted octanol–water partition coefficient (Wildman–Crippen LogP) is 5.86. The van der Waals surface area contributed by atoms with Crippen molar-refractivity contribution in [2.45, 2.75) is 30.6 Å². The van der Waals surface area contributed by atoms with Gasteiger partial charge in [-0.3, -0.25) is 4.90 Å². The van der Waals surface area contributed by atoms with Gasteiger partial charge in [-0.05, 0) is 48.4 Å². The van der Waals surface area contributed by atoms with E-state index >= 15 is 0 Å². The highest BCUT2D eigenvalue weighted by Gasteiger charge is 2.34. The number of benzene rings is 3. The Kier molecular flexibility index (Phi) is 8.50. The van der Waals surface area contributed by atoms with Crippen LogP contribution in [0.2, 0.25) is 0 Å². The third-order valence-corrected chi connectivity index (χ3v) is 6.33. The molecule has 0 spiro atoms. The van der Waals surface area contributed by atoms with Crippen molar-refractivity contribution in [1.29, 1.82) is 0 Å². The Balaban J connectivity index is 1.70. The van der Waals surface area contributed by atoms with Crippen LogP contribution < -0.4 is 4.74 Å². The van der Waals surface area contributed by atoms with Crippen LogP contribution in [0.1, 0.15) is 23.1 Å². The molecule has 0 N–H and O–H groups in total. The van der Waals surface area contributed by atoms with E-state index < -0.39 is 33.2 Å². The van der Waals surface area contributed by atoms with E-state index in [4.69, 9.17) is 4.74 Å². The Labute approximate surface area is 200 Å². The Bertz CT molecular complexity index is 1240. The lowest BCUT2D eigenvalue weighted by atomic mass is 10.1. The second kappa shape index (κ2) is 11.2. The highest BCUT2D eigenvalue weighted by atomic mass is 32.2. The van der Waals surface area contributed by atoms with E-state index in [1.54, 1.807) is 29.2 Å². The molecule has 0 aliphatic rings. The van der Waals surface area contributed by atoms with Crippen LogP contribution in [0.3, 0.4) is 0 Å². The molecule has 3 rings (SSSR count). The number of hydrogen-bond acceptors (Lipinski definition) is 4. The van der Waals surface area contributed by atoms with Crippen molar-refractivity contribution in [3.8, 4) is 5.75 Å². The highest BCUT2D eigenvalue weighted by Crippen LogP contribution is 2.32. The monoisotopic (exact) mass is 513 g/mol. The van der Waals surface area contributed by atoms with Crippen molar-refractivity contribution >= 4 is 9.84 Å². The summed E-state index contributed by atoms with van der Waals surface area (Å²) in [6.45, 7) is 0.674. The summed E-state index contributed by atoms with van der Waals surface area (Å²) in [6.07, 6.45) is -3.30. The molecule has 0 atom stereocenters. The first kappa shape index (κ1) is 26.6. The summed E-state index contributed by atoms with van der Waals surface area (Å²) in [7, 11) is -3.39. The number of alkyl halides is 3. The lowest BCUT2D eigenvalue weighted by Crippen LogP contribution is -2.26. The molecule has 0 saturated heterocycles. The molecule has 0 aromatic heterocycles. The van der Waals surface area contributed by atoms with Crippen molar-refractivity contribution in [2.75, 3.05) is 19.4 Å². The van der Waals surface area contributed by atoms with Crippen LogP contribution in [0.4, 0.5) is 22.0 Å². The molecule has 4 nitrogen and oxygen atoms in total. The molecule has 10 heteroatoms. The van der Waals surface area contributed by atoms with Crippen molar-refractivity contribution in [3.63, 3.8) is 0 Å². The largest absolute Gasteiger partial charge is 0.494 e. The second-order valence-electron chi connectivity index (χ2n) is 8.06. The zero-order chi connectivity index (χ0) is 25.6. The Morgan fingerprint density at radius 1 is 0.914 bits per heavy atom. The van der Waals surface area contributed by atoms with E-state index in [1.807, 2.05) is 0 Å². The van der Waals surface area contributed by atoms with Crippen LogP contribution in [0.15, 0.2) is 71.6 Å². The van der Waals surface area contributed by atoms with E-state index in [2.05, 4.69) is 0 Å². The SMILES string of the molecule is CS(=O)(=O)c1cccc(OCCCN(Cc2ccc(F)cc2)Cc2cccc(C(F)(F)F)c2F)c1. The molecule has 0 unspecified atom stereocenters. The minimum Gasteiger partial charge on any atom is -0.494 e. The zero-order valence-corrected chi connectivity index (χ0v) is 19.7. The van der Waals surface area contributed by atoms with E-state index in [0.29, 0.717) is 30.3 Å². The molecule has 0 bridgehead atoms. The number of halogens is 5. The van der Waals surface area contributed by atoms with Gasteiger partial charge in [-0.2, -0.15) is 13.2 Å². The summed E-state index contributed by atoms with van der Waals surface area (Å²) in [5.74, 6) is -1.38. The fourth-order valence-corrected chi connectivity index (χ4v) is 4.15. The minimum atomic E-state index is -4.81. The van der Waals surface area contributed by atoms with Gasteiger partial charge >= 0.3 is 6.18 Å². The summed E-state index contributed by atoms with van der Waals surface area (Å²) < 4.78 is 96.3. The first-order valence-electron chi connectivity index (χ1n) is 10.7. The van der Waals surface area contributed by atoms with Gasteiger partial charge < -0.3 is 4.74 Å². The molecule has 0 fully saturated rings. The van der Waals surface area contributed by atoms with Crippen LogP contribution in [0, 0.1) is 11.6 Å². The molecule has 35 heavy (non-hydrogen) atoms. The quantitative estimate of drug-likeness (QED) is 0.252. The molecule has 0 amide bonds. The van der Waals surface area contributed by atoms with Gasteiger partial charge in [-0.25, -0.2) is 17.2 Å². The lowest BCUT2D eigenvalue weighted by molar-refractivity contribution is -0.140. The Morgan fingerprint density at radius 3 is 2.26 bits per heavy atom. The van der Waals surface area contributed by atoms with Gasteiger partial charge in [-0.15, -0.1) is 0 Å². The molecular formula is C25H24F5NO3S. The van der Waals surface area contributed by atoms with E-state index in [-0.39, 0.29) is 30.2 Å². The number of rotatable bonds is 10. The van der Waals surface area contributed by atoms with E-state index in [0.717, 1.165) is 12.3 Å². The molecule has 0 heterocycles. The molecular weight excluding hydrogens is 489 g/mol. The van der Waals surface area contributed by atoms with E-state index in [9.17, 15) is 30.4 Å². The summed E-state index contributed by atoms with van der Waals surface area (Å²) >= 11 is 0. The fourth-order valence-electron chi connectivity index (χ4n) is 3.50. The van der Waals surface area contributed by atoms with Crippen LogP contribution in [0.25, 0.3) is 0 Å². The van der Waals surface area contributed by atoms with E-state index in [1.165, 1.54) is 30.3 Å². The van der Waals surface area contributed by atoms with Gasteiger partial charge in [0.25, 0.3) is 0 Å². The van der Waals surface area contributed by atoms with Gasteiger partial charge in [0.2, 0.25) is 0 Å². The molecule has 0 radical (unpaired) electrons. The predicted molar refractivity (Wildman–Crippen MR) is 122 cm³/mol. The lowest BCUT2D eigenvalue weighted by Gasteiger charge is -2.23. The Hall–Kier alpha value is -2.98. The van der Waals surface area contributed by atoms with Gasteiger partial charge in [0.1, 0.15) is 17.4 Å². The first-order valence-corrected chi connectivity index (χ1v) is 12.6. The van der Waals surface area contributed by atoms with Crippen molar-refractivity contribution in [3.05, 3.63) is 95.1 Å². The minimum absolute atomic E-state index is 0.101. The van der Waals surface area contributed by atoms with Crippen molar-refractivity contribution < 1.29 is 35.1 Å². The van der Waals surface area contributed by atoms with Crippen LogP contribution >= 0.6 is 0 Å². The summed E-state index contributed by atoms with van der Waals surface area (Å²) in [5.41, 5.74) is -0.727. The Morgan fingerprint density at radius 2 is 1.60 bits per heavy atom. The third kappa shape index (κ3) is 7.76. The van der Waals surface area contributed by atoms with Gasteiger partial charge in [0.15, 0.2) is 9.84 Å². The summed E-state index contributed by atoms with van der Waals surface area (Å²) in [6, 6.07) is 14.8. The number of hydrogen-bond donors (Lipinski definition) is 0. The maximum absolute atomic E-state index is 14.6. The van der Waals surface area contributed by atoms with Crippen molar-refractivity contribution in [2.24, 2.45) is 0 Å². The standard InChI is InChI=1S/C25H24F5NO3S/c1-35(32,33)22-7-3-6-21(15-22)34-14-4-13-31(16-18-9-11-20(26)12-10-18)17-19-5-2-8-23(24(19)27)25(28,29)30/h2-3,5-12,15H,4,13-14,16-17H2,1H3. The molecule has 0 aliphatic carbocycles. The fraction of sp³-hybridized carbons (Fsp3) is 0.280. The maximum Gasteiger partial charge on any atom is 0.419 e. The van der Waals surface area contributed by atoms with Gasteiger partial charge in [0.05, 0.1) is 17.1 Å². The number of nitrogens with zero attached hydrogens (tertiary/aromatic N) is 1. The zero-order valence-electron chi connectivity index (χ0n) is 18.9. The summed E-state index contributed by atoms with van der Waals surface area (Å²) in [4.78, 5) is 1.86. The summed E-state index contributed by atoms with van der Waals surface area (Å²) in [5, 5.41) is 0. The molecule has 3 aromatic rings. The smallest absolute Gasteiger partial charge is 0.419 e. The number of sulfone groups is 1. The maximum atomic E-state index is 14.6. The van der Waals surface area contributed by atoms with Crippen LogP contribution in [0.5, 0.6) is 5.75 Å². The molecule has 0 saturated carbocycles. The van der Waals surface area contributed by atoms with Gasteiger partial charge in [-0.1, -0.05) is 30.3 Å². The van der Waals surface area contributed by atoms with Crippen LogP contribution in [-0.4, -0.2) is 32.7 Å². The first-order chi connectivity index (χ1) is 16.4. The molecule has 0 aliphatic heterocycles. The average molecular weight is 514 g/mol. The third-order valence-electron chi connectivity index (χ3n) is 5.22. The van der Waals surface area contributed by atoms with Crippen molar-refractivity contribution in [1.82, 2.24) is 4.90 Å². The second-order valence-corrected chi connectivity index (χ2v) is 10.1. The average Bonchev–Trinajstić information content (AvgIpc) is 2.78. The normalized spacial score (nSPS) is 12.2. The number of ether oxygens (including phenoxy) is 1.